The van der Waals surface area contributed by atoms with Gasteiger partial charge in [-0.3, -0.25) is 4.79 Å². The Morgan fingerprint density at radius 2 is 2.05 bits per heavy atom. The number of amides is 1. The molecule has 1 aromatic carbocycles. The van der Waals surface area contributed by atoms with Gasteiger partial charge in [0.2, 0.25) is 5.91 Å². The fourth-order valence-electron chi connectivity index (χ4n) is 2.55. The number of carbonyl (C=O) groups excluding carboxylic acids is 1. The summed E-state index contributed by atoms with van der Waals surface area (Å²) in [6.45, 7) is 3.51. The van der Waals surface area contributed by atoms with E-state index in [1.165, 1.54) is 0 Å². The van der Waals surface area contributed by atoms with Crippen molar-refractivity contribution in [2.45, 2.75) is 25.8 Å². The van der Waals surface area contributed by atoms with Crippen LogP contribution in [0.5, 0.6) is 0 Å². The molecule has 1 amide bonds. The molecule has 21 heavy (non-hydrogen) atoms. The van der Waals surface area contributed by atoms with Crippen LogP contribution in [0.1, 0.15) is 19.8 Å². The number of anilines is 1. The zero-order valence-corrected chi connectivity index (χ0v) is 13.1. The van der Waals surface area contributed by atoms with Crippen LogP contribution in [0.3, 0.4) is 0 Å². The van der Waals surface area contributed by atoms with Crippen LogP contribution in [0.2, 0.25) is 0 Å². The third kappa shape index (κ3) is 4.74. The molecule has 0 radical (unpaired) electrons. The molecule has 1 unspecified atom stereocenters. The summed E-state index contributed by atoms with van der Waals surface area (Å²) in [6.07, 6.45) is 0.906. The smallest absolute Gasteiger partial charge is 0.222 e. The van der Waals surface area contributed by atoms with Gasteiger partial charge in [0.1, 0.15) is 0 Å². The Labute approximate surface area is 126 Å². The van der Waals surface area contributed by atoms with E-state index < -0.39 is 9.84 Å². The first-order valence-electron chi connectivity index (χ1n) is 7.30. The molecule has 0 bridgehead atoms. The van der Waals surface area contributed by atoms with Crippen LogP contribution in [-0.2, 0) is 14.6 Å². The summed E-state index contributed by atoms with van der Waals surface area (Å²) in [5.41, 5.74) is 1.09. The number of para-hydroxylation sites is 1. The maximum atomic E-state index is 11.9. The van der Waals surface area contributed by atoms with Crippen LogP contribution in [0, 0.1) is 0 Å². The van der Waals surface area contributed by atoms with Gasteiger partial charge in [-0.25, -0.2) is 8.42 Å². The van der Waals surface area contributed by atoms with E-state index in [1.807, 2.05) is 30.3 Å². The largest absolute Gasteiger partial charge is 0.371 e. The highest BCUT2D eigenvalue weighted by atomic mass is 32.2. The summed E-state index contributed by atoms with van der Waals surface area (Å²) in [7, 11) is -2.95. The highest BCUT2D eigenvalue weighted by molar-refractivity contribution is 7.91. The van der Waals surface area contributed by atoms with Gasteiger partial charge in [0.15, 0.2) is 9.84 Å². The molecule has 116 valence electrons. The van der Waals surface area contributed by atoms with Gasteiger partial charge in [-0.05, 0) is 25.5 Å². The van der Waals surface area contributed by atoms with E-state index in [2.05, 4.69) is 17.1 Å². The Balaban J connectivity index is 1.80. The lowest BCUT2D eigenvalue weighted by Crippen LogP contribution is -2.37. The molecular formula is C15H22N2O3S. The molecule has 1 N–H and O–H groups in total. The Morgan fingerprint density at radius 1 is 1.33 bits per heavy atom. The van der Waals surface area contributed by atoms with Gasteiger partial charge in [0.05, 0.1) is 11.5 Å². The van der Waals surface area contributed by atoms with Crippen molar-refractivity contribution in [2.24, 2.45) is 0 Å². The van der Waals surface area contributed by atoms with E-state index in [1.54, 1.807) is 0 Å². The van der Waals surface area contributed by atoms with Crippen molar-refractivity contribution in [1.82, 2.24) is 5.32 Å². The topological polar surface area (TPSA) is 66.5 Å². The number of hydrogen-bond donors (Lipinski definition) is 1. The van der Waals surface area contributed by atoms with E-state index in [0.717, 1.165) is 12.2 Å². The van der Waals surface area contributed by atoms with Gasteiger partial charge >= 0.3 is 0 Å². The Bertz CT molecular complexity index is 572. The lowest BCUT2D eigenvalue weighted by Gasteiger charge is -2.23. The monoisotopic (exact) mass is 310 g/mol. The molecule has 6 heteroatoms. The standard InChI is InChI=1S/C15H22N2O3S/c1-2-17(14-6-4-3-5-7-14)10-8-15(18)16-13-9-11-21(19,20)12-13/h3-7,13H,2,8-12H2,1H3,(H,16,18). The molecular weight excluding hydrogens is 288 g/mol. The summed E-state index contributed by atoms with van der Waals surface area (Å²) in [6, 6.07) is 9.73. The number of sulfone groups is 1. The number of rotatable bonds is 6. The minimum atomic E-state index is -2.95. The maximum absolute atomic E-state index is 11.9. The van der Waals surface area contributed by atoms with E-state index in [-0.39, 0.29) is 23.5 Å². The van der Waals surface area contributed by atoms with Crippen LogP contribution in [0.15, 0.2) is 30.3 Å². The van der Waals surface area contributed by atoms with Gasteiger partial charge in [-0.15, -0.1) is 0 Å². The van der Waals surface area contributed by atoms with Gasteiger partial charge in [0, 0.05) is 31.2 Å². The summed E-state index contributed by atoms with van der Waals surface area (Å²) in [4.78, 5) is 14.1. The normalized spacial score (nSPS) is 20.1. The molecule has 1 fully saturated rings. The Kier molecular flexibility index (Phi) is 5.22. The first-order valence-corrected chi connectivity index (χ1v) is 9.12. The zero-order valence-electron chi connectivity index (χ0n) is 12.3. The predicted octanol–water partition coefficient (Wildman–Crippen LogP) is 1.21. The Hall–Kier alpha value is -1.56. The van der Waals surface area contributed by atoms with Gasteiger partial charge in [0.25, 0.3) is 0 Å². The average molecular weight is 310 g/mol. The molecule has 0 aliphatic carbocycles. The molecule has 1 aliphatic heterocycles. The first kappa shape index (κ1) is 15.8. The van der Waals surface area contributed by atoms with Crippen LogP contribution >= 0.6 is 0 Å². The second-order valence-electron chi connectivity index (χ2n) is 5.33. The number of carbonyl (C=O) groups is 1. The molecule has 0 spiro atoms. The number of nitrogens with one attached hydrogen (secondary N) is 1. The summed E-state index contributed by atoms with van der Waals surface area (Å²) >= 11 is 0. The lowest BCUT2D eigenvalue weighted by molar-refractivity contribution is -0.121. The van der Waals surface area contributed by atoms with E-state index in [0.29, 0.717) is 19.4 Å². The zero-order chi connectivity index (χ0) is 15.3. The van der Waals surface area contributed by atoms with Gasteiger partial charge in [-0.2, -0.15) is 0 Å². The van der Waals surface area contributed by atoms with Gasteiger partial charge < -0.3 is 10.2 Å². The van der Waals surface area contributed by atoms with Crippen LogP contribution in [0.25, 0.3) is 0 Å². The molecule has 5 nitrogen and oxygen atoms in total. The van der Waals surface area contributed by atoms with Crippen LogP contribution in [-0.4, -0.2) is 45.0 Å². The molecule has 1 aliphatic rings. The van der Waals surface area contributed by atoms with E-state index >= 15 is 0 Å². The number of nitrogens with zero attached hydrogens (tertiary/aromatic N) is 1. The third-order valence-electron chi connectivity index (χ3n) is 3.71. The molecule has 1 atom stereocenters. The van der Waals surface area contributed by atoms with E-state index in [4.69, 9.17) is 0 Å². The van der Waals surface area contributed by atoms with Crippen molar-refractivity contribution in [3.8, 4) is 0 Å². The quantitative estimate of drug-likeness (QED) is 0.857. The second kappa shape index (κ2) is 6.93. The van der Waals surface area contributed by atoms with Crippen LogP contribution < -0.4 is 10.2 Å². The Morgan fingerprint density at radius 3 is 2.62 bits per heavy atom. The fraction of sp³-hybridized carbons (Fsp3) is 0.533. The van der Waals surface area contributed by atoms with Crippen molar-refractivity contribution in [3.05, 3.63) is 30.3 Å². The lowest BCUT2D eigenvalue weighted by atomic mass is 10.2. The molecule has 0 aromatic heterocycles. The molecule has 1 saturated heterocycles. The fourth-order valence-corrected chi connectivity index (χ4v) is 4.23. The molecule has 1 aromatic rings. The SMILES string of the molecule is CCN(CCC(=O)NC1CCS(=O)(=O)C1)c1ccccc1. The third-order valence-corrected chi connectivity index (χ3v) is 5.48. The van der Waals surface area contributed by atoms with Gasteiger partial charge in [-0.1, -0.05) is 18.2 Å². The summed E-state index contributed by atoms with van der Waals surface area (Å²) in [5.74, 6) is 0.185. The summed E-state index contributed by atoms with van der Waals surface area (Å²) < 4.78 is 22.7. The van der Waals surface area contributed by atoms with Crippen molar-refractivity contribution < 1.29 is 13.2 Å². The van der Waals surface area contributed by atoms with Crippen LogP contribution in [0.4, 0.5) is 5.69 Å². The molecule has 0 saturated carbocycles. The van der Waals surface area contributed by atoms with Crippen molar-refractivity contribution in [2.75, 3.05) is 29.5 Å². The summed E-state index contributed by atoms with van der Waals surface area (Å²) in [5, 5.41) is 2.82. The van der Waals surface area contributed by atoms with Crippen molar-refractivity contribution >= 4 is 21.4 Å². The van der Waals surface area contributed by atoms with Crippen molar-refractivity contribution in [3.63, 3.8) is 0 Å². The maximum Gasteiger partial charge on any atom is 0.222 e. The average Bonchev–Trinajstić information content (AvgIpc) is 2.79. The van der Waals surface area contributed by atoms with E-state index in [9.17, 15) is 13.2 Å². The second-order valence-corrected chi connectivity index (χ2v) is 7.56. The molecule has 2 rings (SSSR count). The minimum absolute atomic E-state index is 0.0773. The predicted molar refractivity (Wildman–Crippen MR) is 84.1 cm³/mol. The minimum Gasteiger partial charge on any atom is -0.371 e. The molecule has 1 heterocycles. The number of benzene rings is 1. The first-order chi connectivity index (χ1) is 10.00. The highest BCUT2D eigenvalue weighted by Gasteiger charge is 2.28. The number of hydrogen-bond acceptors (Lipinski definition) is 4. The highest BCUT2D eigenvalue weighted by Crippen LogP contribution is 2.14. The van der Waals surface area contributed by atoms with Crippen molar-refractivity contribution in [1.29, 1.82) is 0 Å².